The van der Waals surface area contributed by atoms with Crippen molar-refractivity contribution in [1.82, 2.24) is 20.2 Å². The highest BCUT2D eigenvalue weighted by Crippen LogP contribution is 2.32. The number of aromatic nitrogens is 2. The zero-order chi connectivity index (χ0) is 26.3. The maximum Gasteiger partial charge on any atom is 0.416 e. The molecule has 14 heteroatoms. The number of likely N-dealkylation sites (N-methyl/N-ethyl adjacent to an activating group) is 1. The maximum atomic E-state index is 13.4. The van der Waals surface area contributed by atoms with Crippen LogP contribution in [0.1, 0.15) is 35.8 Å². The first-order chi connectivity index (χ1) is 16.3. The Balaban J connectivity index is 0.00000648. The van der Waals surface area contributed by atoms with E-state index < -0.39 is 29.6 Å². The Hall–Kier alpha value is -4.12. The number of carbonyl (C=O) groups excluding carboxylic acids is 2. The molecule has 1 atom stereocenters. The fourth-order valence-corrected chi connectivity index (χ4v) is 2.82. The third-order valence-electron chi connectivity index (χ3n) is 4.58. The minimum Gasteiger partial charge on any atom is -0.480 e. The third-order valence-corrected chi connectivity index (χ3v) is 4.58. The van der Waals surface area contributed by atoms with E-state index in [9.17, 15) is 28.0 Å². The van der Waals surface area contributed by atoms with Gasteiger partial charge in [0.05, 0.1) is 12.7 Å². The highest BCUT2D eigenvalue weighted by Gasteiger charge is 2.32. The number of alkyl halides is 3. The number of nitriles is 1. The van der Waals surface area contributed by atoms with Crippen molar-refractivity contribution in [3.8, 4) is 11.9 Å². The van der Waals surface area contributed by atoms with E-state index >= 15 is 0 Å². The number of nitrogens with one attached hydrogen (secondary N) is 3. The Labute approximate surface area is 206 Å². The van der Waals surface area contributed by atoms with Crippen molar-refractivity contribution in [1.29, 1.82) is 5.26 Å². The Bertz CT molecular complexity index is 1130. The number of hydrogen-bond donors (Lipinski definition) is 4. The molecule has 2 aromatic rings. The minimum absolute atomic E-state index is 0. The number of amides is 2. The standard InChI is InChI=1S/C21H25F3N8O3.CH4/c1-11(28-16-15(10-25)19(35-4)31-20(26)30-16)17(33)29-14-8-12(7-13(9-14)21(22,23)24)18(34)27-5-6-32(2)3;/h7-9,11H,5-6H2,1-4H3,(H,27,34)(H,29,33)(H3,26,28,30,31);1H4/t11-;/m0./s1. The van der Waals surface area contributed by atoms with Crippen LogP contribution in [0, 0.1) is 11.3 Å². The van der Waals surface area contributed by atoms with Crippen molar-refractivity contribution in [2.24, 2.45) is 0 Å². The van der Waals surface area contributed by atoms with Gasteiger partial charge >= 0.3 is 6.18 Å². The predicted octanol–water partition coefficient (Wildman–Crippen LogP) is 2.32. The summed E-state index contributed by atoms with van der Waals surface area (Å²) < 4.78 is 45.2. The molecule has 0 bridgehead atoms. The van der Waals surface area contributed by atoms with Crippen molar-refractivity contribution in [3.05, 3.63) is 34.9 Å². The van der Waals surface area contributed by atoms with Crippen LogP contribution in [0.5, 0.6) is 5.88 Å². The Morgan fingerprint density at radius 1 is 1.25 bits per heavy atom. The van der Waals surface area contributed by atoms with Crippen LogP contribution in [0.15, 0.2) is 18.2 Å². The van der Waals surface area contributed by atoms with Crippen LogP contribution >= 0.6 is 0 Å². The smallest absolute Gasteiger partial charge is 0.416 e. The number of rotatable bonds is 9. The normalized spacial score (nSPS) is 11.6. The predicted molar refractivity (Wildman–Crippen MR) is 128 cm³/mol. The number of methoxy groups -OCH3 is 1. The fraction of sp³-hybridized carbons (Fsp3) is 0.409. The number of anilines is 3. The second kappa shape index (κ2) is 12.5. The second-order valence-corrected chi connectivity index (χ2v) is 7.64. The number of halogens is 3. The number of carbonyl (C=O) groups is 2. The van der Waals surface area contributed by atoms with Gasteiger partial charge in [-0.1, -0.05) is 7.43 Å². The lowest BCUT2D eigenvalue weighted by Gasteiger charge is -2.18. The molecule has 1 aromatic heterocycles. The van der Waals surface area contributed by atoms with E-state index in [1.165, 1.54) is 14.0 Å². The maximum absolute atomic E-state index is 13.4. The second-order valence-electron chi connectivity index (χ2n) is 7.64. The van der Waals surface area contributed by atoms with E-state index in [1.807, 2.05) is 6.07 Å². The van der Waals surface area contributed by atoms with Crippen LogP contribution < -0.4 is 26.4 Å². The van der Waals surface area contributed by atoms with Crippen LogP contribution in [0.25, 0.3) is 0 Å². The van der Waals surface area contributed by atoms with Gasteiger partial charge in [0.15, 0.2) is 11.4 Å². The zero-order valence-corrected chi connectivity index (χ0v) is 19.4. The molecule has 196 valence electrons. The number of benzene rings is 1. The Kier molecular flexibility index (Phi) is 10.4. The third kappa shape index (κ3) is 7.98. The average Bonchev–Trinajstić information content (AvgIpc) is 2.77. The summed E-state index contributed by atoms with van der Waals surface area (Å²) in [6.07, 6.45) is -4.75. The molecule has 0 unspecified atom stereocenters. The van der Waals surface area contributed by atoms with Crippen molar-refractivity contribution in [2.45, 2.75) is 26.6 Å². The monoisotopic (exact) mass is 510 g/mol. The topological polar surface area (TPSA) is 158 Å². The van der Waals surface area contributed by atoms with Gasteiger partial charge in [-0.05, 0) is 39.2 Å². The molecule has 0 fully saturated rings. The highest BCUT2D eigenvalue weighted by molar-refractivity contribution is 5.99. The summed E-state index contributed by atoms with van der Waals surface area (Å²) in [4.78, 5) is 34.5. The molecule has 1 heterocycles. The molecule has 1 aromatic carbocycles. The van der Waals surface area contributed by atoms with E-state index in [2.05, 4.69) is 25.9 Å². The van der Waals surface area contributed by atoms with E-state index in [-0.39, 0.29) is 48.4 Å². The summed E-state index contributed by atoms with van der Waals surface area (Å²) in [5.41, 5.74) is 3.86. The van der Waals surface area contributed by atoms with Gasteiger partial charge in [0, 0.05) is 24.3 Å². The summed E-state index contributed by atoms with van der Waals surface area (Å²) in [7, 11) is 4.83. The fourth-order valence-electron chi connectivity index (χ4n) is 2.82. The van der Waals surface area contributed by atoms with Crippen LogP contribution in [0.3, 0.4) is 0 Å². The SMILES string of the molecule is C.COc1nc(N)nc(N[C@@H](C)C(=O)Nc2cc(C(=O)NCCN(C)C)cc(C(F)(F)F)c2)c1C#N. The van der Waals surface area contributed by atoms with Gasteiger partial charge in [-0.2, -0.15) is 28.4 Å². The van der Waals surface area contributed by atoms with Crippen molar-refractivity contribution in [3.63, 3.8) is 0 Å². The lowest BCUT2D eigenvalue weighted by atomic mass is 10.1. The van der Waals surface area contributed by atoms with Crippen LogP contribution in [-0.4, -0.2) is 67.0 Å². The Morgan fingerprint density at radius 3 is 2.47 bits per heavy atom. The first-order valence-electron chi connectivity index (χ1n) is 10.2. The molecule has 0 aliphatic rings. The lowest BCUT2D eigenvalue weighted by molar-refractivity contribution is -0.137. The van der Waals surface area contributed by atoms with Gasteiger partial charge in [-0.15, -0.1) is 0 Å². The lowest BCUT2D eigenvalue weighted by Crippen LogP contribution is -2.33. The summed E-state index contributed by atoms with van der Waals surface area (Å²) >= 11 is 0. The summed E-state index contributed by atoms with van der Waals surface area (Å²) in [5.74, 6) is -1.91. The molecule has 0 aliphatic heterocycles. The van der Waals surface area contributed by atoms with Gasteiger partial charge in [0.1, 0.15) is 12.1 Å². The van der Waals surface area contributed by atoms with E-state index in [4.69, 9.17) is 10.5 Å². The van der Waals surface area contributed by atoms with Crippen LogP contribution in [0.4, 0.5) is 30.6 Å². The average molecular weight is 511 g/mol. The molecule has 0 saturated carbocycles. The molecular weight excluding hydrogens is 481 g/mol. The number of ether oxygens (including phenoxy) is 1. The summed E-state index contributed by atoms with van der Waals surface area (Å²) in [6.45, 7) is 2.10. The van der Waals surface area contributed by atoms with Gasteiger partial charge in [0.25, 0.3) is 5.91 Å². The quantitative estimate of drug-likeness (QED) is 0.397. The molecular formula is C22H29F3N8O3. The van der Waals surface area contributed by atoms with Crippen molar-refractivity contribution < 1.29 is 27.5 Å². The number of nitrogens with zero attached hydrogens (tertiary/aromatic N) is 4. The van der Waals surface area contributed by atoms with Crippen LogP contribution in [0.2, 0.25) is 0 Å². The van der Waals surface area contributed by atoms with E-state index in [0.29, 0.717) is 18.7 Å². The number of nitrogens with two attached hydrogens (primary N) is 1. The van der Waals surface area contributed by atoms with Gasteiger partial charge in [-0.3, -0.25) is 9.59 Å². The Morgan fingerprint density at radius 2 is 1.92 bits per heavy atom. The number of hydrogen-bond acceptors (Lipinski definition) is 9. The van der Waals surface area contributed by atoms with Gasteiger partial charge in [-0.25, -0.2) is 0 Å². The zero-order valence-electron chi connectivity index (χ0n) is 19.4. The van der Waals surface area contributed by atoms with E-state index in [1.54, 1.807) is 19.0 Å². The molecule has 11 nitrogen and oxygen atoms in total. The first kappa shape index (κ1) is 29.9. The largest absolute Gasteiger partial charge is 0.480 e. The molecule has 2 rings (SSSR count). The van der Waals surface area contributed by atoms with Gasteiger partial charge < -0.3 is 31.3 Å². The highest BCUT2D eigenvalue weighted by atomic mass is 19.4. The molecule has 0 saturated heterocycles. The molecule has 36 heavy (non-hydrogen) atoms. The van der Waals surface area contributed by atoms with E-state index in [0.717, 1.165) is 6.07 Å². The molecule has 5 N–H and O–H groups in total. The summed E-state index contributed by atoms with van der Waals surface area (Å²) in [6, 6.07) is 3.31. The molecule has 0 aliphatic carbocycles. The first-order valence-corrected chi connectivity index (χ1v) is 10.2. The van der Waals surface area contributed by atoms with Crippen molar-refractivity contribution in [2.75, 3.05) is 50.7 Å². The molecule has 0 radical (unpaired) electrons. The van der Waals surface area contributed by atoms with Gasteiger partial charge in [0.2, 0.25) is 17.7 Å². The minimum atomic E-state index is -4.75. The van der Waals surface area contributed by atoms with Crippen LogP contribution in [-0.2, 0) is 11.0 Å². The summed E-state index contributed by atoms with van der Waals surface area (Å²) in [5, 5.41) is 16.9. The molecule has 0 spiro atoms. The van der Waals surface area contributed by atoms with Crippen molar-refractivity contribution >= 4 is 29.3 Å². The number of nitrogen functional groups attached to an aromatic ring is 1. The molecule has 2 amide bonds.